The smallest absolute Gasteiger partial charge is 0.0635 e. The van der Waals surface area contributed by atoms with E-state index in [1.165, 1.54) is 66.1 Å². The second-order valence-corrected chi connectivity index (χ2v) is 16.9. The second kappa shape index (κ2) is 14.1. The van der Waals surface area contributed by atoms with Crippen LogP contribution in [0.4, 0.5) is 17.1 Å². The SMILES string of the molecule is CC1(C)c2ccccc2-c2ccc(N(c3ccc(-c4cccnc4)cc3)c3ccc(-c4ccc5c(c4)c4ccc6c(ccn6-c6ccccc6)c4n5-c4ccccc4)cc3)cc21. The Balaban J connectivity index is 0.972. The van der Waals surface area contributed by atoms with Crippen LogP contribution in [0.1, 0.15) is 25.0 Å². The molecule has 0 saturated carbocycles. The minimum atomic E-state index is -0.110. The summed E-state index contributed by atoms with van der Waals surface area (Å²) in [5.41, 5.74) is 19.1. The molecule has 12 rings (SSSR count). The largest absolute Gasteiger partial charge is 0.316 e. The van der Waals surface area contributed by atoms with Crippen molar-refractivity contribution in [2.24, 2.45) is 0 Å². The Kier molecular flexibility index (Phi) is 8.16. The van der Waals surface area contributed by atoms with E-state index in [2.05, 4.69) is 233 Å². The molecule has 62 heavy (non-hydrogen) atoms. The lowest BCUT2D eigenvalue weighted by Gasteiger charge is -2.28. The first kappa shape index (κ1) is 35.9. The van der Waals surface area contributed by atoms with Crippen molar-refractivity contribution in [3.8, 4) is 44.8 Å². The second-order valence-electron chi connectivity index (χ2n) is 16.9. The highest BCUT2D eigenvalue weighted by Crippen LogP contribution is 2.51. The van der Waals surface area contributed by atoms with Crippen LogP contribution < -0.4 is 4.90 Å². The summed E-state index contributed by atoms with van der Waals surface area (Å²) >= 11 is 0. The molecule has 0 atom stereocenters. The van der Waals surface area contributed by atoms with Crippen LogP contribution in [0.5, 0.6) is 0 Å². The van der Waals surface area contributed by atoms with Crippen LogP contribution in [0.25, 0.3) is 77.5 Å². The monoisotopic (exact) mass is 794 g/mol. The normalized spacial score (nSPS) is 12.8. The first-order valence-electron chi connectivity index (χ1n) is 21.4. The van der Waals surface area contributed by atoms with Gasteiger partial charge in [0.15, 0.2) is 0 Å². The van der Waals surface area contributed by atoms with Gasteiger partial charge in [-0.3, -0.25) is 4.98 Å². The number of pyridine rings is 1. The van der Waals surface area contributed by atoms with Crippen molar-refractivity contribution < 1.29 is 0 Å². The van der Waals surface area contributed by atoms with E-state index in [0.29, 0.717) is 0 Å². The number of rotatable bonds is 7. The van der Waals surface area contributed by atoms with Gasteiger partial charge in [0.05, 0.1) is 16.6 Å². The average molecular weight is 795 g/mol. The first-order valence-corrected chi connectivity index (χ1v) is 21.4. The Hall–Kier alpha value is -7.95. The lowest BCUT2D eigenvalue weighted by molar-refractivity contribution is 0.660. The minimum absolute atomic E-state index is 0.110. The Morgan fingerprint density at radius 2 is 1.06 bits per heavy atom. The zero-order valence-electron chi connectivity index (χ0n) is 34.6. The Bertz CT molecular complexity index is 3450. The molecule has 0 aliphatic heterocycles. The number of aromatic nitrogens is 3. The molecule has 4 heteroatoms. The molecule has 0 saturated heterocycles. The van der Waals surface area contributed by atoms with Crippen molar-refractivity contribution in [3.05, 3.63) is 230 Å². The predicted octanol–water partition coefficient (Wildman–Crippen LogP) is 15.2. The van der Waals surface area contributed by atoms with Crippen LogP contribution in [0.2, 0.25) is 0 Å². The number of hydrogen-bond donors (Lipinski definition) is 0. The van der Waals surface area contributed by atoms with Gasteiger partial charge in [-0.05, 0) is 136 Å². The molecule has 294 valence electrons. The van der Waals surface area contributed by atoms with Crippen molar-refractivity contribution in [2.75, 3.05) is 4.90 Å². The van der Waals surface area contributed by atoms with Crippen molar-refractivity contribution in [1.82, 2.24) is 14.1 Å². The van der Waals surface area contributed by atoms with Gasteiger partial charge in [-0.25, -0.2) is 0 Å². The molecule has 4 nitrogen and oxygen atoms in total. The summed E-state index contributed by atoms with van der Waals surface area (Å²) in [4.78, 5) is 6.76. The van der Waals surface area contributed by atoms with Crippen LogP contribution in [0.15, 0.2) is 219 Å². The fourth-order valence-electron chi connectivity index (χ4n) is 9.98. The summed E-state index contributed by atoms with van der Waals surface area (Å²) in [6, 6.07) is 73.0. The molecule has 0 radical (unpaired) electrons. The summed E-state index contributed by atoms with van der Waals surface area (Å²) in [7, 11) is 0. The van der Waals surface area contributed by atoms with Crippen molar-refractivity contribution in [3.63, 3.8) is 0 Å². The Morgan fingerprint density at radius 3 is 1.79 bits per heavy atom. The fraction of sp³-hybridized carbons (Fsp3) is 0.0517. The molecule has 0 fully saturated rings. The molecule has 3 heterocycles. The number of anilines is 3. The van der Waals surface area contributed by atoms with E-state index in [9.17, 15) is 0 Å². The zero-order chi connectivity index (χ0) is 41.4. The van der Waals surface area contributed by atoms with Gasteiger partial charge in [-0.1, -0.05) is 123 Å². The van der Waals surface area contributed by atoms with Gasteiger partial charge in [0.25, 0.3) is 0 Å². The summed E-state index contributed by atoms with van der Waals surface area (Å²) in [5, 5.41) is 3.70. The highest BCUT2D eigenvalue weighted by atomic mass is 15.1. The van der Waals surface area contributed by atoms with Gasteiger partial charge in [-0.15, -0.1) is 0 Å². The van der Waals surface area contributed by atoms with Gasteiger partial charge in [-0.2, -0.15) is 0 Å². The minimum Gasteiger partial charge on any atom is -0.316 e. The number of benzene rings is 8. The highest BCUT2D eigenvalue weighted by molar-refractivity contribution is 6.19. The molecular formula is C58H42N4. The van der Waals surface area contributed by atoms with E-state index in [-0.39, 0.29) is 5.41 Å². The third-order valence-electron chi connectivity index (χ3n) is 13.0. The average Bonchev–Trinajstić information content (AvgIpc) is 3.99. The molecule has 1 aliphatic carbocycles. The van der Waals surface area contributed by atoms with Crippen LogP contribution >= 0.6 is 0 Å². The predicted molar refractivity (Wildman–Crippen MR) is 259 cm³/mol. The maximum atomic E-state index is 4.37. The van der Waals surface area contributed by atoms with Gasteiger partial charge >= 0.3 is 0 Å². The van der Waals surface area contributed by atoms with Crippen molar-refractivity contribution >= 4 is 49.8 Å². The molecule has 11 aromatic rings. The maximum Gasteiger partial charge on any atom is 0.0635 e. The van der Waals surface area contributed by atoms with Crippen LogP contribution in [0.3, 0.4) is 0 Å². The molecular weight excluding hydrogens is 753 g/mol. The fourth-order valence-corrected chi connectivity index (χ4v) is 9.98. The number of hydrogen-bond acceptors (Lipinski definition) is 2. The van der Waals surface area contributed by atoms with Crippen LogP contribution in [0, 0.1) is 0 Å². The maximum absolute atomic E-state index is 4.37. The van der Waals surface area contributed by atoms with E-state index in [4.69, 9.17) is 0 Å². The molecule has 8 aromatic carbocycles. The summed E-state index contributed by atoms with van der Waals surface area (Å²) in [6.45, 7) is 4.70. The third-order valence-corrected chi connectivity index (χ3v) is 13.0. The summed E-state index contributed by atoms with van der Waals surface area (Å²) in [5.74, 6) is 0. The highest BCUT2D eigenvalue weighted by Gasteiger charge is 2.35. The van der Waals surface area contributed by atoms with E-state index in [1.807, 2.05) is 18.5 Å². The van der Waals surface area contributed by atoms with Crippen LogP contribution in [-0.2, 0) is 5.41 Å². The molecule has 0 spiro atoms. The number of nitrogens with zero attached hydrogens (tertiary/aromatic N) is 4. The summed E-state index contributed by atoms with van der Waals surface area (Å²) in [6.07, 6.45) is 5.94. The standard InChI is InChI=1S/C58H42N4/c1-58(2)53-18-10-9-17-48(53)49-29-28-47(37-54(49)58)61(46-26-21-40(22-27-46)42-12-11-34-59-38-42)45-24-19-39(20-25-45)41-23-31-56-52(36-41)50-30-32-55-51(33-35-60(55)43-13-5-3-6-14-43)57(50)62(56)44-15-7-4-8-16-44/h3-38H,1-2H3. The van der Waals surface area contributed by atoms with Gasteiger partial charge < -0.3 is 14.0 Å². The molecule has 1 aliphatic rings. The Morgan fingerprint density at radius 1 is 0.435 bits per heavy atom. The van der Waals surface area contributed by atoms with Gasteiger partial charge in [0.1, 0.15) is 0 Å². The van der Waals surface area contributed by atoms with Gasteiger partial charge in [0, 0.05) is 68.6 Å². The third kappa shape index (κ3) is 5.64. The lowest BCUT2D eigenvalue weighted by Crippen LogP contribution is -2.16. The zero-order valence-corrected chi connectivity index (χ0v) is 34.6. The van der Waals surface area contributed by atoms with Gasteiger partial charge in [0.2, 0.25) is 0 Å². The van der Waals surface area contributed by atoms with E-state index in [1.54, 1.807) is 0 Å². The van der Waals surface area contributed by atoms with Crippen molar-refractivity contribution in [1.29, 1.82) is 0 Å². The molecule has 0 N–H and O–H groups in total. The molecule has 0 unspecified atom stereocenters. The molecule has 0 amide bonds. The molecule has 3 aromatic heterocycles. The number of fused-ring (bicyclic) bond motifs is 8. The Labute approximate surface area is 361 Å². The topological polar surface area (TPSA) is 26.0 Å². The van der Waals surface area contributed by atoms with Crippen LogP contribution in [-0.4, -0.2) is 14.1 Å². The van der Waals surface area contributed by atoms with Crippen molar-refractivity contribution in [2.45, 2.75) is 19.3 Å². The quantitative estimate of drug-likeness (QED) is 0.161. The number of para-hydroxylation sites is 2. The summed E-state index contributed by atoms with van der Waals surface area (Å²) < 4.78 is 4.72. The molecule has 0 bridgehead atoms. The first-order chi connectivity index (χ1) is 30.5. The van der Waals surface area contributed by atoms with E-state index >= 15 is 0 Å². The lowest BCUT2D eigenvalue weighted by atomic mass is 9.82. The van der Waals surface area contributed by atoms with E-state index < -0.39 is 0 Å². The van der Waals surface area contributed by atoms with E-state index in [0.717, 1.165) is 39.6 Å².